The lowest BCUT2D eigenvalue weighted by molar-refractivity contribution is 0.0819. The Morgan fingerprint density at radius 1 is 1.25 bits per heavy atom. The fourth-order valence-corrected chi connectivity index (χ4v) is 1.73. The van der Waals surface area contributed by atoms with Crippen LogP contribution in [-0.4, -0.2) is 18.3 Å². The fraction of sp³-hybridized carbons (Fsp3) is 0.571. The van der Waals surface area contributed by atoms with E-state index in [4.69, 9.17) is 4.74 Å². The Labute approximate surface area is 98.3 Å². The van der Waals surface area contributed by atoms with Crippen LogP contribution in [-0.2, 0) is 4.74 Å². The molecule has 1 rings (SSSR count). The summed E-state index contributed by atoms with van der Waals surface area (Å²) in [6.45, 7) is 7.61. The molecule has 0 aliphatic carbocycles. The standard InChI is InChI=1S/C14H22O2/c1-4-9-16-10-8-14(15)13-7-5-6-11(2)12(13)3/h5-7,14-15H,4,8-10H2,1-3H3. The molecule has 0 bridgehead atoms. The summed E-state index contributed by atoms with van der Waals surface area (Å²) in [7, 11) is 0. The highest BCUT2D eigenvalue weighted by Gasteiger charge is 2.10. The predicted octanol–water partition coefficient (Wildman–Crippen LogP) is 3.15. The van der Waals surface area contributed by atoms with Crippen molar-refractivity contribution in [3.8, 4) is 0 Å². The van der Waals surface area contributed by atoms with Crippen molar-refractivity contribution in [3.63, 3.8) is 0 Å². The fourth-order valence-electron chi connectivity index (χ4n) is 1.73. The van der Waals surface area contributed by atoms with Crippen LogP contribution in [0.5, 0.6) is 0 Å². The Hall–Kier alpha value is -0.860. The molecule has 1 aromatic rings. The summed E-state index contributed by atoms with van der Waals surface area (Å²) >= 11 is 0. The van der Waals surface area contributed by atoms with E-state index in [1.54, 1.807) is 0 Å². The van der Waals surface area contributed by atoms with E-state index in [9.17, 15) is 5.11 Å². The van der Waals surface area contributed by atoms with Crippen molar-refractivity contribution in [2.75, 3.05) is 13.2 Å². The normalized spacial score (nSPS) is 12.8. The van der Waals surface area contributed by atoms with Gasteiger partial charge in [-0.15, -0.1) is 0 Å². The molecule has 1 atom stereocenters. The number of hydrogen-bond donors (Lipinski definition) is 1. The molecule has 90 valence electrons. The first-order chi connectivity index (χ1) is 7.66. The van der Waals surface area contributed by atoms with Crippen molar-refractivity contribution in [1.82, 2.24) is 0 Å². The van der Waals surface area contributed by atoms with Crippen LogP contribution >= 0.6 is 0 Å². The van der Waals surface area contributed by atoms with Gasteiger partial charge in [0.15, 0.2) is 0 Å². The molecular formula is C14H22O2. The zero-order valence-corrected chi connectivity index (χ0v) is 10.5. The van der Waals surface area contributed by atoms with Gasteiger partial charge in [0.1, 0.15) is 0 Å². The first-order valence-corrected chi connectivity index (χ1v) is 5.98. The third kappa shape index (κ3) is 3.62. The second-order valence-electron chi connectivity index (χ2n) is 4.21. The van der Waals surface area contributed by atoms with Crippen LogP contribution in [0.3, 0.4) is 0 Å². The van der Waals surface area contributed by atoms with Gasteiger partial charge in [-0.1, -0.05) is 25.1 Å². The summed E-state index contributed by atoms with van der Waals surface area (Å²) in [6.07, 6.45) is 1.29. The number of benzene rings is 1. The average molecular weight is 222 g/mol. The van der Waals surface area contributed by atoms with E-state index in [0.717, 1.165) is 18.6 Å². The average Bonchev–Trinajstić information content (AvgIpc) is 2.28. The second kappa shape index (κ2) is 6.66. The molecule has 2 nitrogen and oxygen atoms in total. The van der Waals surface area contributed by atoms with E-state index < -0.39 is 6.10 Å². The van der Waals surface area contributed by atoms with Crippen LogP contribution < -0.4 is 0 Å². The topological polar surface area (TPSA) is 29.5 Å². The summed E-state index contributed by atoms with van der Waals surface area (Å²) < 4.78 is 5.39. The molecule has 0 radical (unpaired) electrons. The molecule has 0 spiro atoms. The highest BCUT2D eigenvalue weighted by molar-refractivity contribution is 5.34. The van der Waals surface area contributed by atoms with Gasteiger partial charge in [0.2, 0.25) is 0 Å². The van der Waals surface area contributed by atoms with Gasteiger partial charge in [0.05, 0.1) is 6.10 Å². The maximum atomic E-state index is 10.0. The van der Waals surface area contributed by atoms with E-state index in [0.29, 0.717) is 13.0 Å². The predicted molar refractivity (Wildman–Crippen MR) is 66.6 cm³/mol. The Morgan fingerprint density at radius 3 is 2.69 bits per heavy atom. The number of hydrogen-bond acceptors (Lipinski definition) is 2. The molecule has 0 aromatic heterocycles. The number of aliphatic hydroxyl groups is 1. The van der Waals surface area contributed by atoms with Crippen molar-refractivity contribution < 1.29 is 9.84 Å². The summed E-state index contributed by atoms with van der Waals surface area (Å²) in [4.78, 5) is 0. The molecule has 0 saturated heterocycles. The van der Waals surface area contributed by atoms with E-state index in [1.807, 2.05) is 12.1 Å². The van der Waals surface area contributed by atoms with Crippen LogP contribution in [0.2, 0.25) is 0 Å². The molecular weight excluding hydrogens is 200 g/mol. The maximum Gasteiger partial charge on any atom is 0.0814 e. The number of ether oxygens (including phenoxy) is 1. The molecule has 2 heteroatoms. The molecule has 1 aromatic carbocycles. The largest absolute Gasteiger partial charge is 0.388 e. The lowest BCUT2D eigenvalue weighted by Crippen LogP contribution is -2.06. The molecule has 0 heterocycles. The Kier molecular flexibility index (Phi) is 5.50. The molecule has 0 aliphatic rings. The van der Waals surface area contributed by atoms with Gasteiger partial charge < -0.3 is 9.84 Å². The lowest BCUT2D eigenvalue weighted by atomic mass is 9.98. The van der Waals surface area contributed by atoms with Crippen molar-refractivity contribution in [2.24, 2.45) is 0 Å². The smallest absolute Gasteiger partial charge is 0.0814 e. The summed E-state index contributed by atoms with van der Waals surface area (Å²) in [6, 6.07) is 6.06. The van der Waals surface area contributed by atoms with E-state index in [1.165, 1.54) is 11.1 Å². The number of aryl methyl sites for hydroxylation is 1. The zero-order chi connectivity index (χ0) is 12.0. The highest BCUT2D eigenvalue weighted by atomic mass is 16.5. The molecule has 0 amide bonds. The van der Waals surface area contributed by atoms with Gasteiger partial charge in [-0.05, 0) is 37.0 Å². The molecule has 1 unspecified atom stereocenters. The number of aliphatic hydroxyl groups excluding tert-OH is 1. The summed E-state index contributed by atoms with van der Waals surface area (Å²) in [5.41, 5.74) is 3.44. The van der Waals surface area contributed by atoms with Crippen LogP contribution in [0, 0.1) is 13.8 Å². The van der Waals surface area contributed by atoms with E-state index in [2.05, 4.69) is 26.8 Å². The van der Waals surface area contributed by atoms with E-state index in [-0.39, 0.29) is 0 Å². The minimum atomic E-state index is -0.406. The van der Waals surface area contributed by atoms with Gasteiger partial charge in [-0.2, -0.15) is 0 Å². The highest BCUT2D eigenvalue weighted by Crippen LogP contribution is 2.22. The molecule has 0 saturated carbocycles. The van der Waals surface area contributed by atoms with Gasteiger partial charge in [-0.25, -0.2) is 0 Å². The molecule has 16 heavy (non-hydrogen) atoms. The van der Waals surface area contributed by atoms with E-state index >= 15 is 0 Å². The second-order valence-corrected chi connectivity index (χ2v) is 4.21. The monoisotopic (exact) mass is 222 g/mol. The van der Waals surface area contributed by atoms with Crippen LogP contribution in [0.25, 0.3) is 0 Å². The maximum absolute atomic E-state index is 10.0. The van der Waals surface area contributed by atoms with Gasteiger partial charge in [0, 0.05) is 19.6 Å². The van der Waals surface area contributed by atoms with Crippen molar-refractivity contribution in [2.45, 2.75) is 39.7 Å². The van der Waals surface area contributed by atoms with Crippen LogP contribution in [0.4, 0.5) is 0 Å². The van der Waals surface area contributed by atoms with Crippen LogP contribution in [0.1, 0.15) is 42.6 Å². The van der Waals surface area contributed by atoms with Gasteiger partial charge in [-0.3, -0.25) is 0 Å². The minimum Gasteiger partial charge on any atom is -0.388 e. The molecule has 0 aliphatic heterocycles. The third-order valence-corrected chi connectivity index (χ3v) is 2.89. The minimum absolute atomic E-state index is 0.406. The summed E-state index contributed by atoms with van der Waals surface area (Å²) in [5, 5.41) is 10.0. The third-order valence-electron chi connectivity index (χ3n) is 2.89. The van der Waals surface area contributed by atoms with Gasteiger partial charge >= 0.3 is 0 Å². The zero-order valence-electron chi connectivity index (χ0n) is 10.5. The van der Waals surface area contributed by atoms with Crippen molar-refractivity contribution >= 4 is 0 Å². The Balaban J connectivity index is 2.52. The Morgan fingerprint density at radius 2 is 2.00 bits per heavy atom. The quantitative estimate of drug-likeness (QED) is 0.749. The van der Waals surface area contributed by atoms with Crippen LogP contribution in [0.15, 0.2) is 18.2 Å². The Bertz CT molecular complexity index is 321. The SMILES string of the molecule is CCCOCCC(O)c1cccc(C)c1C. The molecule has 0 fully saturated rings. The molecule has 1 N–H and O–H groups in total. The van der Waals surface area contributed by atoms with Crippen molar-refractivity contribution in [1.29, 1.82) is 0 Å². The lowest BCUT2D eigenvalue weighted by Gasteiger charge is -2.15. The first-order valence-electron chi connectivity index (χ1n) is 5.98. The van der Waals surface area contributed by atoms with Gasteiger partial charge in [0.25, 0.3) is 0 Å². The summed E-state index contributed by atoms with van der Waals surface area (Å²) in [5.74, 6) is 0. The first kappa shape index (κ1) is 13.2. The number of rotatable bonds is 6. The van der Waals surface area contributed by atoms with Crippen molar-refractivity contribution in [3.05, 3.63) is 34.9 Å².